The van der Waals surface area contributed by atoms with E-state index in [1.165, 1.54) is 7.11 Å². The first-order valence-electron chi connectivity index (χ1n) is 3.39. The first-order chi connectivity index (χ1) is 5.24. The monoisotopic (exact) mass is 148 g/mol. The molecule has 2 nitrogen and oxygen atoms in total. The van der Waals surface area contributed by atoms with Crippen LogP contribution in [-0.4, -0.2) is 20.9 Å². The van der Waals surface area contributed by atoms with Crippen LogP contribution in [0, 0.1) is 0 Å². The third-order valence-corrected chi connectivity index (χ3v) is 1.44. The van der Waals surface area contributed by atoms with Gasteiger partial charge in [-0.25, -0.2) is 4.79 Å². The largest absolute Gasteiger partial charge is 0.465 e. The fraction of sp³-hybridized carbons (Fsp3) is 0.125. The van der Waals surface area contributed by atoms with E-state index in [0.717, 1.165) is 5.46 Å². The van der Waals surface area contributed by atoms with Gasteiger partial charge < -0.3 is 4.74 Å². The van der Waals surface area contributed by atoms with Gasteiger partial charge in [0.05, 0.1) is 12.7 Å². The normalized spacial score (nSPS) is 9.18. The zero-order chi connectivity index (χ0) is 8.27. The van der Waals surface area contributed by atoms with Crippen molar-refractivity contribution in [3.63, 3.8) is 0 Å². The van der Waals surface area contributed by atoms with Gasteiger partial charge in [-0.15, -0.1) is 0 Å². The predicted molar refractivity (Wildman–Crippen MR) is 46.0 cm³/mol. The topological polar surface area (TPSA) is 26.3 Å². The third kappa shape index (κ3) is 1.83. The summed E-state index contributed by atoms with van der Waals surface area (Å²) in [7, 11) is 3.32. The highest BCUT2D eigenvalue weighted by Gasteiger charge is 2.02. The summed E-state index contributed by atoms with van der Waals surface area (Å²) < 4.78 is 4.55. The fourth-order valence-corrected chi connectivity index (χ4v) is 0.890. The fourth-order valence-electron chi connectivity index (χ4n) is 0.890. The number of esters is 1. The third-order valence-electron chi connectivity index (χ3n) is 1.44. The summed E-state index contributed by atoms with van der Waals surface area (Å²) in [6.07, 6.45) is 0. The van der Waals surface area contributed by atoms with Crippen molar-refractivity contribution in [2.75, 3.05) is 7.11 Å². The van der Waals surface area contributed by atoms with Crippen LogP contribution in [0.1, 0.15) is 10.4 Å². The predicted octanol–water partition coefficient (Wildman–Crippen LogP) is -0.268. The van der Waals surface area contributed by atoms with E-state index in [9.17, 15) is 4.79 Å². The molecule has 0 aliphatic rings. The Morgan fingerprint density at radius 1 is 1.55 bits per heavy atom. The number of hydrogen-bond donors (Lipinski definition) is 0. The summed E-state index contributed by atoms with van der Waals surface area (Å²) in [4.78, 5) is 10.9. The lowest BCUT2D eigenvalue weighted by molar-refractivity contribution is 0.0601. The molecular weight excluding hydrogens is 139 g/mol. The molecule has 1 aromatic carbocycles. The van der Waals surface area contributed by atoms with Crippen LogP contribution >= 0.6 is 0 Å². The van der Waals surface area contributed by atoms with Crippen LogP contribution in [-0.2, 0) is 4.74 Å². The van der Waals surface area contributed by atoms with Crippen LogP contribution in [0.25, 0.3) is 0 Å². The highest BCUT2D eigenvalue weighted by Crippen LogP contribution is 1.97. The molecule has 1 rings (SSSR count). The van der Waals surface area contributed by atoms with E-state index >= 15 is 0 Å². The SMILES string of the molecule is Bc1cccc(C(=O)OC)c1. The van der Waals surface area contributed by atoms with Gasteiger partial charge in [-0.3, -0.25) is 0 Å². The molecule has 0 unspecified atom stereocenters. The molecule has 56 valence electrons. The second kappa shape index (κ2) is 3.24. The minimum Gasteiger partial charge on any atom is -0.465 e. The van der Waals surface area contributed by atoms with Crippen LogP contribution in [0.2, 0.25) is 0 Å². The Morgan fingerprint density at radius 2 is 2.27 bits per heavy atom. The summed E-state index contributed by atoms with van der Waals surface area (Å²) in [5.74, 6) is -0.284. The van der Waals surface area contributed by atoms with Gasteiger partial charge in [0.25, 0.3) is 0 Å². The molecule has 1 aromatic rings. The van der Waals surface area contributed by atoms with Crippen LogP contribution < -0.4 is 5.46 Å². The molecule has 0 atom stereocenters. The van der Waals surface area contributed by atoms with Crippen molar-refractivity contribution < 1.29 is 9.53 Å². The molecule has 0 spiro atoms. The van der Waals surface area contributed by atoms with Gasteiger partial charge in [0.1, 0.15) is 7.85 Å². The lowest BCUT2D eigenvalue weighted by atomic mass is 9.95. The molecule has 0 saturated carbocycles. The number of carbonyl (C=O) groups excluding carboxylic acids is 1. The molecule has 0 N–H and O–H groups in total. The smallest absolute Gasteiger partial charge is 0.337 e. The molecule has 0 fully saturated rings. The summed E-state index contributed by atoms with van der Waals surface area (Å²) in [5, 5.41) is 0. The van der Waals surface area contributed by atoms with E-state index in [0.29, 0.717) is 5.56 Å². The van der Waals surface area contributed by atoms with E-state index in [4.69, 9.17) is 0 Å². The van der Waals surface area contributed by atoms with Crippen molar-refractivity contribution in [1.82, 2.24) is 0 Å². The van der Waals surface area contributed by atoms with Crippen molar-refractivity contribution in [1.29, 1.82) is 0 Å². The maximum Gasteiger partial charge on any atom is 0.337 e. The van der Waals surface area contributed by atoms with Gasteiger partial charge in [0.15, 0.2) is 0 Å². The van der Waals surface area contributed by atoms with Gasteiger partial charge in [-0.05, 0) is 6.07 Å². The minimum atomic E-state index is -0.284. The van der Waals surface area contributed by atoms with Crippen LogP contribution in [0.15, 0.2) is 24.3 Å². The van der Waals surface area contributed by atoms with Crippen molar-refractivity contribution in [2.24, 2.45) is 0 Å². The first kappa shape index (κ1) is 7.86. The Hall–Kier alpha value is -1.25. The zero-order valence-electron chi connectivity index (χ0n) is 6.63. The highest BCUT2D eigenvalue weighted by atomic mass is 16.5. The Bertz CT molecular complexity index is 271. The van der Waals surface area contributed by atoms with Gasteiger partial charge in [-0.2, -0.15) is 0 Å². The lowest BCUT2D eigenvalue weighted by Gasteiger charge is -1.98. The maximum absolute atomic E-state index is 10.9. The molecule has 0 aliphatic heterocycles. The molecule has 0 heterocycles. The first-order valence-corrected chi connectivity index (χ1v) is 3.39. The molecule has 0 aliphatic carbocycles. The van der Waals surface area contributed by atoms with E-state index < -0.39 is 0 Å². The minimum absolute atomic E-state index is 0.284. The molecule has 11 heavy (non-hydrogen) atoms. The van der Waals surface area contributed by atoms with E-state index in [2.05, 4.69) is 4.74 Å². The molecule has 0 saturated heterocycles. The van der Waals surface area contributed by atoms with Gasteiger partial charge in [0, 0.05) is 0 Å². The van der Waals surface area contributed by atoms with Crippen molar-refractivity contribution in [2.45, 2.75) is 0 Å². The average molecular weight is 148 g/mol. The quantitative estimate of drug-likeness (QED) is 0.404. The molecular formula is C8H9BO2. The standard InChI is InChI=1S/C8H9BO2/c1-11-8(10)6-3-2-4-7(9)5-6/h2-5H,9H2,1H3. The van der Waals surface area contributed by atoms with Crippen LogP contribution in [0.4, 0.5) is 0 Å². The summed E-state index contributed by atoms with van der Waals surface area (Å²) >= 11 is 0. The van der Waals surface area contributed by atoms with Gasteiger partial charge >= 0.3 is 5.97 Å². The second-order valence-corrected chi connectivity index (χ2v) is 2.36. The average Bonchev–Trinajstić information content (AvgIpc) is 2.03. The second-order valence-electron chi connectivity index (χ2n) is 2.36. The van der Waals surface area contributed by atoms with E-state index in [1.807, 2.05) is 20.0 Å². The molecule has 3 heteroatoms. The Labute approximate surface area is 66.6 Å². The van der Waals surface area contributed by atoms with Crippen LogP contribution in [0.5, 0.6) is 0 Å². The van der Waals surface area contributed by atoms with Gasteiger partial charge in [-0.1, -0.05) is 23.7 Å². The van der Waals surface area contributed by atoms with Gasteiger partial charge in [0.2, 0.25) is 0 Å². The Morgan fingerprint density at radius 3 is 2.82 bits per heavy atom. The number of hydrogen-bond acceptors (Lipinski definition) is 2. The number of carbonyl (C=O) groups is 1. The molecule has 0 aromatic heterocycles. The summed E-state index contributed by atoms with van der Waals surface area (Å²) in [5.41, 5.74) is 1.67. The summed E-state index contributed by atoms with van der Waals surface area (Å²) in [6.45, 7) is 0. The van der Waals surface area contributed by atoms with E-state index in [1.54, 1.807) is 12.1 Å². The molecule has 0 bridgehead atoms. The Balaban J connectivity index is 2.96. The number of ether oxygens (including phenoxy) is 1. The number of rotatable bonds is 1. The zero-order valence-corrected chi connectivity index (χ0v) is 6.63. The number of benzene rings is 1. The van der Waals surface area contributed by atoms with Crippen LogP contribution in [0.3, 0.4) is 0 Å². The summed E-state index contributed by atoms with van der Waals surface area (Å²) in [6, 6.07) is 7.30. The Kier molecular flexibility index (Phi) is 2.31. The maximum atomic E-state index is 10.9. The van der Waals surface area contributed by atoms with Crippen molar-refractivity contribution in [3.05, 3.63) is 29.8 Å². The van der Waals surface area contributed by atoms with Crippen molar-refractivity contribution in [3.8, 4) is 0 Å². The lowest BCUT2D eigenvalue weighted by Crippen LogP contribution is -2.07. The highest BCUT2D eigenvalue weighted by molar-refractivity contribution is 6.32. The van der Waals surface area contributed by atoms with E-state index in [-0.39, 0.29) is 5.97 Å². The molecule has 0 radical (unpaired) electrons. The molecule has 0 amide bonds. The number of methoxy groups -OCH3 is 1. The van der Waals surface area contributed by atoms with Crippen molar-refractivity contribution >= 4 is 19.3 Å².